The van der Waals surface area contributed by atoms with Crippen LogP contribution in [-0.4, -0.2) is 9.97 Å². The first kappa shape index (κ1) is 22.7. The Morgan fingerprint density at radius 1 is 0.474 bits per heavy atom. The van der Waals surface area contributed by atoms with Gasteiger partial charge in [0.15, 0.2) is 5.82 Å². The second-order valence-corrected chi connectivity index (χ2v) is 9.94. The number of fused-ring (bicyclic) bond motifs is 3. The van der Waals surface area contributed by atoms with Crippen molar-refractivity contribution < 1.29 is 0 Å². The average Bonchev–Trinajstić information content (AvgIpc) is 3.29. The Labute approximate surface area is 227 Å². The first-order valence-corrected chi connectivity index (χ1v) is 13.1. The van der Waals surface area contributed by atoms with Crippen molar-refractivity contribution in [2.24, 2.45) is 0 Å². The van der Waals surface area contributed by atoms with Crippen LogP contribution < -0.4 is 0 Å². The molecule has 0 unspecified atom stereocenters. The van der Waals surface area contributed by atoms with Gasteiger partial charge in [-0.05, 0) is 39.4 Å². The first-order valence-electron chi connectivity index (χ1n) is 12.7. The van der Waals surface area contributed by atoms with Gasteiger partial charge in [-0.2, -0.15) is 0 Å². The van der Waals surface area contributed by atoms with Crippen molar-refractivity contribution >= 4 is 11.6 Å². The van der Waals surface area contributed by atoms with E-state index in [1.165, 1.54) is 33.4 Å². The summed E-state index contributed by atoms with van der Waals surface area (Å²) in [6.07, 6.45) is 0. The van der Waals surface area contributed by atoms with Gasteiger partial charge in [-0.15, -0.1) is 0 Å². The van der Waals surface area contributed by atoms with E-state index in [0.717, 1.165) is 16.8 Å². The van der Waals surface area contributed by atoms with Gasteiger partial charge in [-0.25, -0.2) is 9.97 Å². The highest BCUT2D eigenvalue weighted by atomic mass is 35.5. The zero-order valence-electron chi connectivity index (χ0n) is 20.6. The van der Waals surface area contributed by atoms with E-state index in [-0.39, 0.29) is 0 Å². The molecule has 0 radical (unpaired) electrons. The SMILES string of the molecule is Clc1cc(-c2ccc3c(c2)-c2ccccc2C3(c2ccccc2)c2ccccc2)nc(-c2ccccc2)n1. The zero-order chi connectivity index (χ0) is 25.5. The standard InChI is InChI=1S/C35H23ClN2/c36-33-23-32(37-34(38-33)24-12-4-1-5-13-24)25-20-21-31-29(22-25)28-18-10-11-19-30(28)35(31,26-14-6-2-7-15-26)27-16-8-3-9-17-27/h1-23H. The Bertz CT molecular complexity index is 1720. The molecule has 0 aliphatic heterocycles. The number of halogens is 1. The Hall–Kier alpha value is -4.53. The quantitative estimate of drug-likeness (QED) is 0.223. The molecule has 0 amide bonds. The zero-order valence-corrected chi connectivity index (χ0v) is 21.3. The Morgan fingerprint density at radius 2 is 1.05 bits per heavy atom. The third kappa shape index (κ3) is 3.49. The number of aromatic nitrogens is 2. The lowest BCUT2D eigenvalue weighted by molar-refractivity contribution is 0.768. The van der Waals surface area contributed by atoms with Crippen LogP contribution in [0.1, 0.15) is 22.3 Å². The van der Waals surface area contributed by atoms with Crippen molar-refractivity contribution in [3.63, 3.8) is 0 Å². The molecule has 0 atom stereocenters. The number of nitrogens with zero attached hydrogens (tertiary/aromatic N) is 2. The second kappa shape index (κ2) is 9.09. The Morgan fingerprint density at radius 3 is 1.74 bits per heavy atom. The fourth-order valence-electron chi connectivity index (χ4n) is 5.89. The molecule has 0 N–H and O–H groups in total. The molecule has 1 heterocycles. The number of hydrogen-bond donors (Lipinski definition) is 0. The minimum atomic E-state index is -0.411. The minimum Gasteiger partial charge on any atom is -0.228 e. The van der Waals surface area contributed by atoms with Crippen LogP contribution in [0.4, 0.5) is 0 Å². The highest BCUT2D eigenvalue weighted by Crippen LogP contribution is 2.56. The summed E-state index contributed by atoms with van der Waals surface area (Å²) < 4.78 is 0. The molecule has 0 bridgehead atoms. The smallest absolute Gasteiger partial charge is 0.161 e. The molecule has 38 heavy (non-hydrogen) atoms. The summed E-state index contributed by atoms with van der Waals surface area (Å²) in [5, 5.41) is 0.428. The highest BCUT2D eigenvalue weighted by molar-refractivity contribution is 6.29. The summed E-state index contributed by atoms with van der Waals surface area (Å²) in [4.78, 5) is 9.41. The van der Waals surface area contributed by atoms with Crippen LogP contribution in [0.15, 0.2) is 140 Å². The number of benzene rings is 5. The normalized spacial score (nSPS) is 13.1. The van der Waals surface area contributed by atoms with E-state index < -0.39 is 5.41 Å². The van der Waals surface area contributed by atoms with Crippen LogP contribution in [0.25, 0.3) is 33.8 Å². The van der Waals surface area contributed by atoms with Gasteiger partial charge in [-0.3, -0.25) is 0 Å². The van der Waals surface area contributed by atoms with Crippen LogP contribution in [-0.2, 0) is 5.41 Å². The number of rotatable bonds is 4. The lowest BCUT2D eigenvalue weighted by atomic mass is 9.67. The highest BCUT2D eigenvalue weighted by Gasteiger charge is 2.45. The maximum Gasteiger partial charge on any atom is 0.161 e. The molecule has 6 aromatic rings. The third-order valence-corrected chi connectivity index (χ3v) is 7.67. The van der Waals surface area contributed by atoms with Gasteiger partial charge in [0.2, 0.25) is 0 Å². The van der Waals surface area contributed by atoms with Crippen molar-refractivity contribution in [3.8, 4) is 33.8 Å². The topological polar surface area (TPSA) is 25.8 Å². The summed E-state index contributed by atoms with van der Waals surface area (Å²) in [6.45, 7) is 0. The summed E-state index contributed by atoms with van der Waals surface area (Å²) in [7, 11) is 0. The molecule has 1 aromatic heterocycles. The maximum atomic E-state index is 6.50. The van der Waals surface area contributed by atoms with Crippen LogP contribution >= 0.6 is 11.6 Å². The largest absolute Gasteiger partial charge is 0.228 e. The predicted molar refractivity (Wildman–Crippen MR) is 155 cm³/mol. The predicted octanol–water partition coefficient (Wildman–Crippen LogP) is 8.83. The van der Waals surface area contributed by atoms with Crippen molar-refractivity contribution in [2.75, 3.05) is 0 Å². The molecule has 0 saturated carbocycles. The molecule has 0 fully saturated rings. The van der Waals surface area contributed by atoms with Gasteiger partial charge in [0.05, 0.1) is 11.1 Å². The molecule has 1 aliphatic carbocycles. The van der Waals surface area contributed by atoms with Crippen LogP contribution in [0, 0.1) is 0 Å². The molecular formula is C35H23ClN2. The minimum absolute atomic E-state index is 0.411. The van der Waals surface area contributed by atoms with E-state index >= 15 is 0 Å². The van der Waals surface area contributed by atoms with Crippen molar-refractivity contribution in [2.45, 2.75) is 5.41 Å². The van der Waals surface area contributed by atoms with E-state index in [2.05, 4.69) is 108 Å². The molecule has 7 rings (SSSR count). The lowest BCUT2D eigenvalue weighted by Crippen LogP contribution is -2.28. The summed E-state index contributed by atoms with van der Waals surface area (Å²) >= 11 is 6.50. The summed E-state index contributed by atoms with van der Waals surface area (Å²) in [5.74, 6) is 0.622. The fraction of sp³-hybridized carbons (Fsp3) is 0.0286. The average molecular weight is 507 g/mol. The molecule has 2 nitrogen and oxygen atoms in total. The van der Waals surface area contributed by atoms with E-state index in [9.17, 15) is 0 Å². The molecule has 0 saturated heterocycles. The van der Waals surface area contributed by atoms with Crippen molar-refractivity contribution in [3.05, 3.63) is 167 Å². The van der Waals surface area contributed by atoms with Crippen molar-refractivity contribution in [1.29, 1.82) is 0 Å². The molecule has 180 valence electrons. The van der Waals surface area contributed by atoms with Gasteiger partial charge in [-0.1, -0.05) is 139 Å². The van der Waals surface area contributed by atoms with E-state index in [0.29, 0.717) is 11.0 Å². The monoisotopic (exact) mass is 506 g/mol. The Kier molecular flexibility index (Phi) is 5.42. The van der Waals surface area contributed by atoms with Crippen LogP contribution in [0.3, 0.4) is 0 Å². The molecule has 0 spiro atoms. The van der Waals surface area contributed by atoms with Crippen molar-refractivity contribution in [1.82, 2.24) is 9.97 Å². The van der Waals surface area contributed by atoms with Gasteiger partial charge in [0, 0.05) is 17.2 Å². The van der Waals surface area contributed by atoms with Gasteiger partial charge >= 0.3 is 0 Å². The first-order chi connectivity index (χ1) is 18.7. The van der Waals surface area contributed by atoms with E-state index in [4.69, 9.17) is 16.6 Å². The van der Waals surface area contributed by atoms with E-state index in [1.807, 2.05) is 36.4 Å². The van der Waals surface area contributed by atoms with Crippen LogP contribution in [0.5, 0.6) is 0 Å². The fourth-order valence-corrected chi connectivity index (χ4v) is 6.07. The second-order valence-electron chi connectivity index (χ2n) is 9.55. The van der Waals surface area contributed by atoms with Gasteiger partial charge in [0.25, 0.3) is 0 Å². The van der Waals surface area contributed by atoms with Gasteiger partial charge in [0.1, 0.15) is 5.15 Å². The third-order valence-electron chi connectivity index (χ3n) is 7.48. The maximum absolute atomic E-state index is 6.50. The Balaban J connectivity index is 1.48. The molecule has 5 aromatic carbocycles. The molecule has 1 aliphatic rings. The summed E-state index contributed by atoms with van der Waals surface area (Å²) in [5.41, 5.74) is 9.85. The lowest BCUT2D eigenvalue weighted by Gasteiger charge is -2.33. The van der Waals surface area contributed by atoms with Crippen LogP contribution in [0.2, 0.25) is 5.15 Å². The number of hydrogen-bond acceptors (Lipinski definition) is 2. The van der Waals surface area contributed by atoms with Gasteiger partial charge < -0.3 is 0 Å². The summed E-state index contributed by atoms with van der Waals surface area (Å²) in [6, 6.07) is 48.9. The van der Waals surface area contributed by atoms with E-state index in [1.54, 1.807) is 0 Å². The molecular weight excluding hydrogens is 484 g/mol. The molecule has 3 heteroatoms.